The lowest BCUT2D eigenvalue weighted by molar-refractivity contribution is 0.0772. The van der Waals surface area contributed by atoms with E-state index < -0.39 is 0 Å². The SMILES string of the molecule is Cc1nc(COc2ccccc2C(=O)N2CCC(C)(CN)C2)no1. The van der Waals surface area contributed by atoms with Gasteiger partial charge in [0.25, 0.3) is 5.91 Å². The molecule has 1 aliphatic rings. The molecule has 1 aromatic carbocycles. The van der Waals surface area contributed by atoms with E-state index in [1.165, 1.54) is 0 Å². The first-order valence-corrected chi connectivity index (χ1v) is 8.01. The van der Waals surface area contributed by atoms with Crippen LogP contribution in [0.1, 0.15) is 35.4 Å². The second-order valence-electron chi connectivity index (χ2n) is 6.51. The standard InChI is InChI=1S/C17H22N4O3/c1-12-19-15(20-24-12)9-23-14-6-4-3-5-13(14)16(22)21-8-7-17(2,10-18)11-21/h3-6H,7-11,18H2,1-2H3. The van der Waals surface area contributed by atoms with E-state index in [0.29, 0.717) is 42.7 Å². The first-order chi connectivity index (χ1) is 11.5. The first-order valence-electron chi connectivity index (χ1n) is 8.01. The summed E-state index contributed by atoms with van der Waals surface area (Å²) in [4.78, 5) is 18.8. The molecule has 1 aromatic heterocycles. The lowest BCUT2D eigenvalue weighted by atomic mass is 9.90. The van der Waals surface area contributed by atoms with Crippen molar-refractivity contribution < 1.29 is 14.1 Å². The molecule has 2 heterocycles. The van der Waals surface area contributed by atoms with Crippen LogP contribution in [-0.4, -0.2) is 40.6 Å². The number of aromatic nitrogens is 2. The lowest BCUT2D eigenvalue weighted by Gasteiger charge is -2.23. The van der Waals surface area contributed by atoms with Crippen LogP contribution in [0.5, 0.6) is 5.75 Å². The van der Waals surface area contributed by atoms with Gasteiger partial charge < -0.3 is 19.9 Å². The molecule has 2 aromatic rings. The Balaban J connectivity index is 1.73. The van der Waals surface area contributed by atoms with Crippen LogP contribution in [0.25, 0.3) is 0 Å². The number of carbonyl (C=O) groups is 1. The number of likely N-dealkylation sites (tertiary alicyclic amines) is 1. The Kier molecular flexibility index (Phi) is 4.53. The van der Waals surface area contributed by atoms with Crippen LogP contribution in [0.4, 0.5) is 0 Å². The van der Waals surface area contributed by atoms with E-state index >= 15 is 0 Å². The van der Waals surface area contributed by atoms with E-state index in [9.17, 15) is 4.79 Å². The summed E-state index contributed by atoms with van der Waals surface area (Å²) in [5, 5.41) is 3.79. The average molecular weight is 330 g/mol. The van der Waals surface area contributed by atoms with Gasteiger partial charge >= 0.3 is 0 Å². The Morgan fingerprint density at radius 2 is 2.25 bits per heavy atom. The topological polar surface area (TPSA) is 94.5 Å². The minimum Gasteiger partial charge on any atom is -0.485 e. The first kappa shape index (κ1) is 16.4. The minimum absolute atomic E-state index is 0.00633. The summed E-state index contributed by atoms with van der Waals surface area (Å²) < 4.78 is 10.7. The Morgan fingerprint density at radius 1 is 1.46 bits per heavy atom. The van der Waals surface area contributed by atoms with Crippen molar-refractivity contribution in [3.63, 3.8) is 0 Å². The zero-order valence-electron chi connectivity index (χ0n) is 14.0. The molecule has 0 saturated carbocycles. The number of carbonyl (C=O) groups excluding carboxylic acids is 1. The van der Waals surface area contributed by atoms with Crippen LogP contribution in [0.15, 0.2) is 28.8 Å². The van der Waals surface area contributed by atoms with E-state index in [1.54, 1.807) is 19.1 Å². The Labute approximate surface area is 140 Å². The molecule has 1 unspecified atom stereocenters. The molecular weight excluding hydrogens is 308 g/mol. The van der Waals surface area contributed by atoms with Crippen LogP contribution < -0.4 is 10.5 Å². The second kappa shape index (κ2) is 6.60. The zero-order valence-corrected chi connectivity index (χ0v) is 14.0. The number of nitrogens with two attached hydrogens (primary N) is 1. The van der Waals surface area contributed by atoms with Gasteiger partial charge in [-0.1, -0.05) is 24.2 Å². The largest absolute Gasteiger partial charge is 0.485 e. The summed E-state index contributed by atoms with van der Waals surface area (Å²) >= 11 is 0. The highest BCUT2D eigenvalue weighted by Crippen LogP contribution is 2.31. The minimum atomic E-state index is -0.0351. The molecule has 1 atom stereocenters. The molecule has 0 aliphatic carbocycles. The number of rotatable bonds is 5. The van der Waals surface area contributed by atoms with Gasteiger partial charge in [-0.2, -0.15) is 4.98 Å². The maximum Gasteiger partial charge on any atom is 0.257 e. The van der Waals surface area contributed by atoms with E-state index in [2.05, 4.69) is 17.1 Å². The third-order valence-electron chi connectivity index (χ3n) is 4.38. The molecule has 1 saturated heterocycles. The Hall–Kier alpha value is -2.41. The van der Waals surface area contributed by atoms with Gasteiger partial charge in [-0.25, -0.2) is 0 Å². The third-order valence-corrected chi connectivity index (χ3v) is 4.38. The molecule has 0 spiro atoms. The van der Waals surface area contributed by atoms with Crippen molar-refractivity contribution in [3.8, 4) is 5.75 Å². The molecule has 24 heavy (non-hydrogen) atoms. The number of hydrogen-bond donors (Lipinski definition) is 1. The van der Waals surface area contributed by atoms with Crippen molar-refractivity contribution >= 4 is 5.91 Å². The second-order valence-corrected chi connectivity index (χ2v) is 6.51. The molecule has 128 valence electrons. The molecule has 0 bridgehead atoms. The van der Waals surface area contributed by atoms with Gasteiger partial charge in [0.1, 0.15) is 5.75 Å². The maximum absolute atomic E-state index is 12.8. The van der Waals surface area contributed by atoms with E-state index in [-0.39, 0.29) is 17.9 Å². The van der Waals surface area contributed by atoms with E-state index in [4.69, 9.17) is 15.0 Å². The van der Waals surface area contributed by atoms with Crippen molar-refractivity contribution in [2.75, 3.05) is 19.6 Å². The highest BCUT2D eigenvalue weighted by molar-refractivity contribution is 5.97. The lowest BCUT2D eigenvalue weighted by Crippen LogP contribution is -2.34. The highest BCUT2D eigenvalue weighted by atomic mass is 16.5. The Morgan fingerprint density at radius 3 is 2.92 bits per heavy atom. The van der Waals surface area contributed by atoms with Crippen LogP contribution >= 0.6 is 0 Å². The van der Waals surface area contributed by atoms with Crippen LogP contribution in [0, 0.1) is 12.3 Å². The van der Waals surface area contributed by atoms with Gasteiger partial charge in [-0.05, 0) is 30.5 Å². The summed E-state index contributed by atoms with van der Waals surface area (Å²) in [5.74, 6) is 1.42. The molecule has 1 aliphatic heterocycles. The number of amides is 1. The summed E-state index contributed by atoms with van der Waals surface area (Å²) in [6.45, 7) is 5.94. The number of para-hydroxylation sites is 1. The highest BCUT2D eigenvalue weighted by Gasteiger charge is 2.35. The number of nitrogens with zero attached hydrogens (tertiary/aromatic N) is 3. The quantitative estimate of drug-likeness (QED) is 0.898. The number of benzene rings is 1. The molecule has 2 N–H and O–H groups in total. The van der Waals surface area contributed by atoms with Gasteiger partial charge in [0.15, 0.2) is 6.61 Å². The predicted molar refractivity (Wildman–Crippen MR) is 87.5 cm³/mol. The van der Waals surface area contributed by atoms with Gasteiger partial charge in [0.2, 0.25) is 11.7 Å². The molecule has 0 radical (unpaired) electrons. The molecule has 1 fully saturated rings. The normalized spacial score (nSPS) is 20.4. The van der Waals surface area contributed by atoms with Crippen molar-refractivity contribution in [1.29, 1.82) is 0 Å². The van der Waals surface area contributed by atoms with Gasteiger partial charge in [-0.15, -0.1) is 0 Å². The van der Waals surface area contributed by atoms with Crippen LogP contribution in [0.2, 0.25) is 0 Å². The van der Waals surface area contributed by atoms with E-state index in [1.807, 2.05) is 17.0 Å². The Bertz CT molecular complexity index is 730. The van der Waals surface area contributed by atoms with Gasteiger partial charge in [-0.3, -0.25) is 4.79 Å². The number of aryl methyl sites for hydroxylation is 1. The van der Waals surface area contributed by atoms with Crippen molar-refractivity contribution in [2.45, 2.75) is 26.9 Å². The predicted octanol–water partition coefficient (Wildman–Crippen LogP) is 1.77. The molecule has 7 nitrogen and oxygen atoms in total. The van der Waals surface area contributed by atoms with Gasteiger partial charge in [0, 0.05) is 20.0 Å². The smallest absolute Gasteiger partial charge is 0.257 e. The maximum atomic E-state index is 12.8. The van der Waals surface area contributed by atoms with Gasteiger partial charge in [0.05, 0.1) is 5.56 Å². The molecular formula is C17H22N4O3. The number of hydrogen-bond acceptors (Lipinski definition) is 6. The fraction of sp³-hybridized carbons (Fsp3) is 0.471. The monoisotopic (exact) mass is 330 g/mol. The summed E-state index contributed by atoms with van der Waals surface area (Å²) in [5.41, 5.74) is 6.36. The van der Waals surface area contributed by atoms with Crippen molar-refractivity contribution in [1.82, 2.24) is 15.0 Å². The fourth-order valence-electron chi connectivity index (χ4n) is 2.85. The summed E-state index contributed by atoms with van der Waals surface area (Å²) in [6.07, 6.45) is 0.917. The van der Waals surface area contributed by atoms with Crippen molar-refractivity contribution in [3.05, 3.63) is 41.5 Å². The van der Waals surface area contributed by atoms with E-state index in [0.717, 1.165) is 6.42 Å². The van der Waals surface area contributed by atoms with Crippen LogP contribution in [0.3, 0.4) is 0 Å². The summed E-state index contributed by atoms with van der Waals surface area (Å²) in [7, 11) is 0. The zero-order chi connectivity index (χ0) is 17.2. The molecule has 3 rings (SSSR count). The number of ether oxygens (including phenoxy) is 1. The molecule has 1 amide bonds. The van der Waals surface area contributed by atoms with Crippen LogP contribution in [-0.2, 0) is 6.61 Å². The average Bonchev–Trinajstić information content (AvgIpc) is 3.19. The summed E-state index contributed by atoms with van der Waals surface area (Å²) in [6, 6.07) is 7.22. The fourth-order valence-corrected chi connectivity index (χ4v) is 2.85. The van der Waals surface area contributed by atoms with Crippen molar-refractivity contribution in [2.24, 2.45) is 11.1 Å². The third kappa shape index (κ3) is 3.41. The molecule has 7 heteroatoms.